The van der Waals surface area contributed by atoms with E-state index >= 15 is 0 Å². The molecule has 0 aromatic heterocycles. The van der Waals surface area contributed by atoms with E-state index in [-0.39, 0.29) is 17.9 Å². The van der Waals surface area contributed by atoms with Crippen LogP contribution in [0, 0.1) is 5.92 Å². The molecule has 4 heteroatoms. The lowest BCUT2D eigenvalue weighted by Crippen LogP contribution is -2.34. The number of nitrogens with zero attached hydrogens (tertiary/aromatic N) is 1. The van der Waals surface area contributed by atoms with E-state index in [1.54, 1.807) is 4.90 Å². The zero-order valence-electron chi connectivity index (χ0n) is 10.5. The van der Waals surface area contributed by atoms with Crippen LogP contribution < -0.4 is 0 Å². The third-order valence-electron chi connectivity index (χ3n) is 3.33. The fraction of sp³-hybridized carbons (Fsp3) is 0.500. The number of halogens is 1. The largest absolute Gasteiger partial charge is 0.391 e. The number of hydrogen-bond donors (Lipinski definition) is 1. The average Bonchev–Trinajstić information content (AvgIpc) is 2.75. The van der Waals surface area contributed by atoms with Crippen LogP contribution in [-0.4, -0.2) is 35.1 Å². The summed E-state index contributed by atoms with van der Waals surface area (Å²) in [6.45, 7) is 3.06. The Labute approximate surface area is 112 Å². The molecule has 0 bridgehead atoms. The molecule has 1 unspecified atom stereocenters. The van der Waals surface area contributed by atoms with Gasteiger partial charge in [0.15, 0.2) is 0 Å². The Bertz CT molecular complexity index is 436. The van der Waals surface area contributed by atoms with E-state index in [0.717, 1.165) is 5.56 Å². The molecule has 1 saturated heterocycles. The molecule has 1 N–H and O–H groups in total. The topological polar surface area (TPSA) is 40.5 Å². The van der Waals surface area contributed by atoms with E-state index in [9.17, 15) is 9.90 Å². The number of carbonyl (C=O) groups excluding carboxylic acids is 1. The van der Waals surface area contributed by atoms with Crippen LogP contribution >= 0.6 is 11.6 Å². The maximum atomic E-state index is 12.2. The van der Waals surface area contributed by atoms with Gasteiger partial charge in [-0.3, -0.25) is 4.79 Å². The van der Waals surface area contributed by atoms with Crippen LogP contribution in [0.1, 0.15) is 18.9 Å². The summed E-state index contributed by atoms with van der Waals surface area (Å²) in [4.78, 5) is 13.9. The van der Waals surface area contributed by atoms with Crippen molar-refractivity contribution < 1.29 is 9.90 Å². The lowest BCUT2D eigenvalue weighted by atomic mass is 10.00. The summed E-state index contributed by atoms with van der Waals surface area (Å²) < 4.78 is 0. The molecule has 0 saturated carbocycles. The number of aliphatic hydroxyl groups is 1. The fourth-order valence-corrected chi connectivity index (χ4v) is 2.57. The first-order valence-electron chi connectivity index (χ1n) is 6.27. The molecular formula is C14H18ClNO2. The molecule has 98 valence electrons. The smallest absolute Gasteiger partial charge is 0.225 e. The highest BCUT2D eigenvalue weighted by molar-refractivity contribution is 6.30. The SMILES string of the molecule is CC(Cc1cccc(Cl)c1)C(=O)N1CC[C@@H](O)C1. The summed E-state index contributed by atoms with van der Waals surface area (Å²) >= 11 is 5.93. The normalized spacial score (nSPS) is 21.1. The van der Waals surface area contributed by atoms with Gasteiger partial charge in [0, 0.05) is 24.0 Å². The van der Waals surface area contributed by atoms with Crippen LogP contribution in [0.5, 0.6) is 0 Å². The highest BCUT2D eigenvalue weighted by Gasteiger charge is 2.27. The summed E-state index contributed by atoms with van der Waals surface area (Å²) in [5.74, 6) is 0.0419. The second kappa shape index (κ2) is 5.72. The molecule has 1 aromatic carbocycles. The van der Waals surface area contributed by atoms with Crippen molar-refractivity contribution in [2.75, 3.05) is 13.1 Å². The number of benzene rings is 1. The first-order valence-corrected chi connectivity index (χ1v) is 6.65. The summed E-state index contributed by atoms with van der Waals surface area (Å²) in [6.07, 6.45) is 1.02. The molecular weight excluding hydrogens is 250 g/mol. The van der Waals surface area contributed by atoms with E-state index in [4.69, 9.17) is 11.6 Å². The van der Waals surface area contributed by atoms with Gasteiger partial charge < -0.3 is 10.0 Å². The van der Waals surface area contributed by atoms with Crippen molar-refractivity contribution in [1.82, 2.24) is 4.90 Å². The van der Waals surface area contributed by atoms with Crippen molar-refractivity contribution in [3.8, 4) is 0 Å². The molecule has 1 amide bonds. The summed E-state index contributed by atoms with van der Waals surface area (Å²) in [5.41, 5.74) is 1.07. The predicted molar refractivity (Wildman–Crippen MR) is 71.5 cm³/mol. The zero-order chi connectivity index (χ0) is 13.1. The van der Waals surface area contributed by atoms with E-state index in [1.807, 2.05) is 31.2 Å². The molecule has 2 atom stereocenters. The summed E-state index contributed by atoms with van der Waals surface area (Å²) in [7, 11) is 0. The number of amides is 1. The van der Waals surface area contributed by atoms with Crippen LogP contribution in [0.2, 0.25) is 5.02 Å². The highest BCUT2D eigenvalue weighted by Crippen LogP contribution is 2.18. The average molecular weight is 268 g/mol. The van der Waals surface area contributed by atoms with Crippen molar-refractivity contribution in [2.45, 2.75) is 25.9 Å². The van der Waals surface area contributed by atoms with Gasteiger partial charge in [0.1, 0.15) is 0 Å². The van der Waals surface area contributed by atoms with E-state index < -0.39 is 0 Å². The Morgan fingerprint density at radius 1 is 1.61 bits per heavy atom. The number of rotatable bonds is 3. The van der Waals surface area contributed by atoms with Gasteiger partial charge in [0.05, 0.1) is 6.10 Å². The predicted octanol–water partition coefficient (Wildman–Crippen LogP) is 2.11. The van der Waals surface area contributed by atoms with E-state index in [1.165, 1.54) is 0 Å². The molecule has 2 rings (SSSR count). The number of likely N-dealkylation sites (tertiary alicyclic amines) is 1. The molecule has 1 fully saturated rings. The van der Waals surface area contributed by atoms with Crippen LogP contribution in [0.4, 0.5) is 0 Å². The lowest BCUT2D eigenvalue weighted by molar-refractivity contribution is -0.134. The second-order valence-corrected chi connectivity index (χ2v) is 5.40. The molecule has 1 aromatic rings. The second-order valence-electron chi connectivity index (χ2n) is 4.96. The molecule has 1 aliphatic heterocycles. The maximum absolute atomic E-state index is 12.2. The Morgan fingerprint density at radius 3 is 3.00 bits per heavy atom. The standard InChI is InChI=1S/C14H18ClNO2/c1-10(7-11-3-2-4-12(15)8-11)14(18)16-6-5-13(17)9-16/h2-4,8,10,13,17H,5-7,9H2,1H3/t10?,13-/m1/s1. The van der Waals surface area contributed by atoms with Gasteiger partial charge in [-0.1, -0.05) is 30.7 Å². The van der Waals surface area contributed by atoms with Crippen LogP contribution in [0.25, 0.3) is 0 Å². The first kappa shape index (κ1) is 13.4. The number of aliphatic hydroxyl groups excluding tert-OH is 1. The maximum Gasteiger partial charge on any atom is 0.225 e. The minimum Gasteiger partial charge on any atom is -0.391 e. The number of β-amino-alcohol motifs (C(OH)–C–C–N with tert-alkyl or cyclic N) is 1. The van der Waals surface area contributed by atoms with Gasteiger partial charge in [-0.2, -0.15) is 0 Å². The third kappa shape index (κ3) is 3.24. The molecule has 0 aliphatic carbocycles. The Hall–Kier alpha value is -1.06. The van der Waals surface area contributed by atoms with Gasteiger partial charge in [-0.25, -0.2) is 0 Å². The molecule has 0 spiro atoms. The van der Waals surface area contributed by atoms with Gasteiger partial charge in [-0.05, 0) is 30.5 Å². The molecule has 1 heterocycles. The van der Waals surface area contributed by atoms with Crippen LogP contribution in [0.3, 0.4) is 0 Å². The van der Waals surface area contributed by atoms with Crippen molar-refractivity contribution in [3.05, 3.63) is 34.9 Å². The Morgan fingerprint density at radius 2 is 2.39 bits per heavy atom. The van der Waals surface area contributed by atoms with Gasteiger partial charge >= 0.3 is 0 Å². The first-order chi connectivity index (χ1) is 8.56. The minimum atomic E-state index is -0.354. The van der Waals surface area contributed by atoms with Crippen LogP contribution in [0.15, 0.2) is 24.3 Å². The molecule has 0 radical (unpaired) electrons. The van der Waals surface area contributed by atoms with Crippen molar-refractivity contribution in [1.29, 1.82) is 0 Å². The number of hydrogen-bond acceptors (Lipinski definition) is 2. The molecule has 18 heavy (non-hydrogen) atoms. The molecule has 3 nitrogen and oxygen atoms in total. The summed E-state index contributed by atoms with van der Waals surface area (Å²) in [5, 5.41) is 10.1. The lowest BCUT2D eigenvalue weighted by Gasteiger charge is -2.20. The van der Waals surface area contributed by atoms with Crippen molar-refractivity contribution >= 4 is 17.5 Å². The monoisotopic (exact) mass is 267 g/mol. The Kier molecular flexibility index (Phi) is 4.25. The number of carbonyl (C=O) groups is 1. The van der Waals surface area contributed by atoms with E-state index in [2.05, 4.69) is 0 Å². The van der Waals surface area contributed by atoms with Crippen LogP contribution in [-0.2, 0) is 11.2 Å². The van der Waals surface area contributed by atoms with Crippen molar-refractivity contribution in [3.63, 3.8) is 0 Å². The van der Waals surface area contributed by atoms with Crippen molar-refractivity contribution in [2.24, 2.45) is 5.92 Å². The van der Waals surface area contributed by atoms with Gasteiger partial charge in [0.25, 0.3) is 0 Å². The van der Waals surface area contributed by atoms with Gasteiger partial charge in [0.2, 0.25) is 5.91 Å². The van der Waals surface area contributed by atoms with E-state index in [0.29, 0.717) is 31.0 Å². The summed E-state index contributed by atoms with van der Waals surface area (Å²) in [6, 6.07) is 7.60. The molecule has 1 aliphatic rings. The third-order valence-corrected chi connectivity index (χ3v) is 3.56. The zero-order valence-corrected chi connectivity index (χ0v) is 11.2. The minimum absolute atomic E-state index is 0.0752. The quantitative estimate of drug-likeness (QED) is 0.911. The highest BCUT2D eigenvalue weighted by atomic mass is 35.5. The fourth-order valence-electron chi connectivity index (χ4n) is 2.36. The Balaban J connectivity index is 1.95. The van der Waals surface area contributed by atoms with Gasteiger partial charge in [-0.15, -0.1) is 0 Å².